The summed E-state index contributed by atoms with van der Waals surface area (Å²) >= 11 is 0. The molecule has 1 N–H and O–H groups in total. The van der Waals surface area contributed by atoms with Crippen molar-refractivity contribution in [2.45, 2.75) is 65.9 Å². The Hall–Kier alpha value is -1.06. The fraction of sp³-hybridized carbons (Fsp3) is 0.867. The third-order valence-corrected chi connectivity index (χ3v) is 4.12. The van der Waals surface area contributed by atoms with Crippen molar-refractivity contribution in [2.24, 2.45) is 17.3 Å². The third kappa shape index (κ3) is 5.21. The van der Waals surface area contributed by atoms with Gasteiger partial charge in [-0.15, -0.1) is 0 Å². The van der Waals surface area contributed by atoms with Gasteiger partial charge in [-0.2, -0.15) is 0 Å². The average molecular weight is 270 g/mol. The maximum absolute atomic E-state index is 11.7. The fourth-order valence-corrected chi connectivity index (χ4v) is 2.85. The van der Waals surface area contributed by atoms with E-state index in [2.05, 4.69) is 13.8 Å². The van der Waals surface area contributed by atoms with E-state index in [9.17, 15) is 9.59 Å². The van der Waals surface area contributed by atoms with Gasteiger partial charge in [-0.05, 0) is 37.5 Å². The second-order valence-corrected chi connectivity index (χ2v) is 6.66. The Bertz CT molecular complexity index is 335. The van der Waals surface area contributed by atoms with Gasteiger partial charge >= 0.3 is 11.9 Å². The highest BCUT2D eigenvalue weighted by Crippen LogP contribution is 2.40. The first kappa shape index (κ1) is 16.0. The van der Waals surface area contributed by atoms with Crippen molar-refractivity contribution in [1.82, 2.24) is 0 Å². The van der Waals surface area contributed by atoms with E-state index in [1.54, 1.807) is 0 Å². The molecule has 110 valence electrons. The van der Waals surface area contributed by atoms with Crippen LogP contribution in [0.3, 0.4) is 0 Å². The van der Waals surface area contributed by atoms with Gasteiger partial charge in [0.15, 0.2) is 0 Å². The third-order valence-electron chi connectivity index (χ3n) is 4.12. The molecule has 0 aromatic rings. The quantitative estimate of drug-likeness (QED) is 0.779. The van der Waals surface area contributed by atoms with Gasteiger partial charge in [0.25, 0.3) is 0 Å². The molecule has 0 aromatic heterocycles. The van der Waals surface area contributed by atoms with Gasteiger partial charge in [-0.3, -0.25) is 9.59 Å². The number of rotatable bonds is 5. The Morgan fingerprint density at radius 2 is 2.00 bits per heavy atom. The zero-order chi connectivity index (χ0) is 14.6. The molecule has 0 spiro atoms. The largest absolute Gasteiger partial charge is 0.481 e. The van der Waals surface area contributed by atoms with Crippen molar-refractivity contribution < 1.29 is 19.4 Å². The number of carbonyl (C=O) groups is 2. The van der Waals surface area contributed by atoms with E-state index in [0.29, 0.717) is 11.3 Å². The summed E-state index contributed by atoms with van der Waals surface area (Å²) in [4.78, 5) is 22.4. The van der Waals surface area contributed by atoms with Gasteiger partial charge in [0.05, 0.1) is 12.3 Å². The molecule has 0 bridgehead atoms. The van der Waals surface area contributed by atoms with Gasteiger partial charge < -0.3 is 9.84 Å². The predicted molar refractivity (Wildman–Crippen MR) is 72.7 cm³/mol. The minimum Gasteiger partial charge on any atom is -0.481 e. The van der Waals surface area contributed by atoms with Crippen molar-refractivity contribution in [3.05, 3.63) is 0 Å². The number of carboxylic acids is 1. The lowest BCUT2D eigenvalue weighted by atomic mass is 9.71. The Morgan fingerprint density at radius 1 is 1.37 bits per heavy atom. The van der Waals surface area contributed by atoms with E-state index in [-0.39, 0.29) is 12.5 Å². The van der Waals surface area contributed by atoms with Crippen molar-refractivity contribution in [1.29, 1.82) is 0 Å². The Labute approximate surface area is 115 Å². The first-order valence-electron chi connectivity index (χ1n) is 7.13. The van der Waals surface area contributed by atoms with E-state index in [1.807, 2.05) is 6.92 Å². The van der Waals surface area contributed by atoms with E-state index in [0.717, 1.165) is 12.8 Å². The smallest absolute Gasteiger partial charge is 0.306 e. The van der Waals surface area contributed by atoms with E-state index in [1.165, 1.54) is 19.8 Å². The molecule has 1 aliphatic carbocycles. The summed E-state index contributed by atoms with van der Waals surface area (Å²) in [6.45, 7) is 7.95. The first-order valence-corrected chi connectivity index (χ1v) is 7.13. The minimum absolute atomic E-state index is 0.0458. The molecular formula is C15H26O4. The summed E-state index contributed by atoms with van der Waals surface area (Å²) in [6.07, 6.45) is 4.39. The van der Waals surface area contributed by atoms with Crippen LogP contribution in [-0.4, -0.2) is 23.1 Å². The molecule has 0 saturated heterocycles. The lowest BCUT2D eigenvalue weighted by molar-refractivity contribution is -0.157. The molecule has 1 rings (SSSR count). The molecule has 3 unspecified atom stereocenters. The predicted octanol–water partition coefficient (Wildman–Crippen LogP) is 3.25. The standard InChI is InChI=1S/C15H26O4/c1-10(14(17)18)8-13(16)19-11(2)12-6-5-7-15(3,4)9-12/h10-12H,5-9H2,1-4H3,(H,17,18). The van der Waals surface area contributed by atoms with Crippen LogP contribution in [0.15, 0.2) is 0 Å². The van der Waals surface area contributed by atoms with E-state index in [4.69, 9.17) is 9.84 Å². The van der Waals surface area contributed by atoms with Gasteiger partial charge in [0.2, 0.25) is 0 Å². The van der Waals surface area contributed by atoms with Crippen molar-refractivity contribution in [3.63, 3.8) is 0 Å². The second-order valence-electron chi connectivity index (χ2n) is 6.66. The zero-order valence-electron chi connectivity index (χ0n) is 12.4. The summed E-state index contributed by atoms with van der Waals surface area (Å²) in [5.74, 6) is -1.63. The maximum atomic E-state index is 11.7. The second kappa shape index (κ2) is 6.40. The number of esters is 1. The number of hydrogen-bond acceptors (Lipinski definition) is 3. The molecule has 1 fully saturated rings. The van der Waals surface area contributed by atoms with Gasteiger partial charge in [0, 0.05) is 0 Å². The summed E-state index contributed by atoms with van der Waals surface area (Å²) in [5, 5.41) is 8.77. The number of carbonyl (C=O) groups excluding carboxylic acids is 1. The Kier molecular flexibility index (Phi) is 5.39. The molecule has 4 heteroatoms. The topological polar surface area (TPSA) is 63.6 Å². The minimum atomic E-state index is -0.955. The van der Waals surface area contributed by atoms with Gasteiger partial charge in [0.1, 0.15) is 6.10 Å². The maximum Gasteiger partial charge on any atom is 0.306 e. The summed E-state index contributed by atoms with van der Waals surface area (Å²) in [6, 6.07) is 0. The average Bonchev–Trinajstić information content (AvgIpc) is 2.27. The highest BCUT2D eigenvalue weighted by Gasteiger charge is 2.32. The zero-order valence-corrected chi connectivity index (χ0v) is 12.4. The highest BCUT2D eigenvalue weighted by molar-refractivity contribution is 5.78. The monoisotopic (exact) mass is 270 g/mol. The highest BCUT2D eigenvalue weighted by atomic mass is 16.5. The number of hydrogen-bond donors (Lipinski definition) is 1. The van der Waals surface area contributed by atoms with Crippen molar-refractivity contribution in [3.8, 4) is 0 Å². The van der Waals surface area contributed by atoms with Crippen LogP contribution in [0.4, 0.5) is 0 Å². The van der Waals surface area contributed by atoms with Crippen LogP contribution in [0.5, 0.6) is 0 Å². The van der Waals surface area contributed by atoms with Crippen LogP contribution in [0.25, 0.3) is 0 Å². The van der Waals surface area contributed by atoms with Gasteiger partial charge in [-0.25, -0.2) is 0 Å². The fourth-order valence-electron chi connectivity index (χ4n) is 2.85. The molecule has 0 aromatic carbocycles. The molecule has 19 heavy (non-hydrogen) atoms. The lowest BCUT2D eigenvalue weighted by Crippen LogP contribution is -2.32. The van der Waals surface area contributed by atoms with Crippen molar-refractivity contribution >= 4 is 11.9 Å². The van der Waals surface area contributed by atoms with E-state index < -0.39 is 17.9 Å². The molecular weight excluding hydrogens is 244 g/mol. The first-order chi connectivity index (χ1) is 8.71. The van der Waals surface area contributed by atoms with Crippen LogP contribution in [0.1, 0.15) is 59.8 Å². The normalized spacial score (nSPS) is 25.4. The van der Waals surface area contributed by atoms with Crippen LogP contribution < -0.4 is 0 Å². The summed E-state index contributed by atoms with van der Waals surface area (Å²) < 4.78 is 5.40. The number of carboxylic acid groups (broad SMARTS) is 1. The molecule has 3 atom stereocenters. The molecule has 0 amide bonds. The molecule has 1 aliphatic rings. The summed E-state index contributed by atoms with van der Waals surface area (Å²) in [7, 11) is 0. The van der Waals surface area contributed by atoms with Crippen LogP contribution in [0.2, 0.25) is 0 Å². The van der Waals surface area contributed by atoms with E-state index >= 15 is 0 Å². The molecule has 0 aliphatic heterocycles. The number of aliphatic carboxylic acids is 1. The molecule has 0 radical (unpaired) electrons. The lowest BCUT2D eigenvalue weighted by Gasteiger charge is -2.37. The molecule has 0 heterocycles. The van der Waals surface area contributed by atoms with Crippen molar-refractivity contribution in [2.75, 3.05) is 0 Å². The number of ether oxygens (including phenoxy) is 1. The van der Waals surface area contributed by atoms with Crippen LogP contribution >= 0.6 is 0 Å². The van der Waals surface area contributed by atoms with Gasteiger partial charge in [-0.1, -0.05) is 27.2 Å². The Morgan fingerprint density at radius 3 is 2.53 bits per heavy atom. The Balaban J connectivity index is 2.43. The SMILES string of the molecule is CC(CC(=O)OC(C)C1CCCC(C)(C)C1)C(=O)O. The molecule has 1 saturated carbocycles. The van der Waals surface area contributed by atoms with Crippen LogP contribution in [0, 0.1) is 17.3 Å². The summed E-state index contributed by atoms with van der Waals surface area (Å²) in [5.41, 5.74) is 0.317. The van der Waals surface area contributed by atoms with Crippen LogP contribution in [-0.2, 0) is 14.3 Å². The molecule has 4 nitrogen and oxygen atoms in total.